The number of nitrogens with zero attached hydrogens (tertiary/aromatic N) is 3. The molecule has 0 spiro atoms. The maximum absolute atomic E-state index is 12.7. The predicted octanol–water partition coefficient (Wildman–Crippen LogP) is 4.47. The Kier molecular flexibility index (Phi) is 5.74. The highest BCUT2D eigenvalue weighted by atomic mass is 35.5. The van der Waals surface area contributed by atoms with Gasteiger partial charge in [-0.05, 0) is 49.9 Å². The molecule has 3 rings (SSSR count). The molecule has 0 radical (unpaired) electrons. The van der Waals surface area contributed by atoms with E-state index >= 15 is 0 Å². The number of halogens is 1. The molecule has 0 aromatic carbocycles. The first kappa shape index (κ1) is 18.6. The molecule has 0 aliphatic heterocycles. The molecular formula is C19H21ClN4OS. The highest BCUT2D eigenvalue weighted by Crippen LogP contribution is 2.27. The molecule has 2 atom stereocenters. The van der Waals surface area contributed by atoms with Crippen molar-refractivity contribution in [3.05, 3.63) is 68.9 Å². The van der Waals surface area contributed by atoms with Crippen LogP contribution in [0.4, 0.5) is 0 Å². The summed E-state index contributed by atoms with van der Waals surface area (Å²) >= 11 is 7.84. The van der Waals surface area contributed by atoms with Crippen LogP contribution in [0.25, 0.3) is 0 Å². The van der Waals surface area contributed by atoms with Crippen molar-refractivity contribution < 1.29 is 4.79 Å². The van der Waals surface area contributed by atoms with Gasteiger partial charge in [-0.3, -0.25) is 14.5 Å². The quantitative estimate of drug-likeness (QED) is 0.677. The Labute approximate surface area is 162 Å². The molecule has 3 aromatic heterocycles. The van der Waals surface area contributed by atoms with Crippen molar-refractivity contribution in [2.24, 2.45) is 0 Å². The summed E-state index contributed by atoms with van der Waals surface area (Å²) in [6.07, 6.45) is 3.80. The van der Waals surface area contributed by atoms with Crippen molar-refractivity contribution in [3.63, 3.8) is 0 Å². The smallest absolute Gasteiger partial charge is 0.222 e. The van der Waals surface area contributed by atoms with Crippen molar-refractivity contribution >= 4 is 28.8 Å². The van der Waals surface area contributed by atoms with Gasteiger partial charge >= 0.3 is 0 Å². The Bertz CT molecular complexity index is 877. The molecular weight excluding hydrogens is 368 g/mol. The molecule has 0 fully saturated rings. The zero-order chi connectivity index (χ0) is 18.7. The van der Waals surface area contributed by atoms with Gasteiger partial charge in [0.1, 0.15) is 0 Å². The van der Waals surface area contributed by atoms with Gasteiger partial charge in [-0.25, -0.2) is 0 Å². The number of hydrogen-bond donors (Lipinski definition) is 1. The van der Waals surface area contributed by atoms with Crippen LogP contribution >= 0.6 is 22.9 Å². The summed E-state index contributed by atoms with van der Waals surface area (Å²) in [5.74, 6) is -0.0311. The molecule has 3 aromatic rings. The first-order chi connectivity index (χ1) is 12.5. The van der Waals surface area contributed by atoms with Gasteiger partial charge in [-0.2, -0.15) is 5.10 Å². The van der Waals surface area contributed by atoms with Crippen molar-refractivity contribution in [1.82, 2.24) is 20.1 Å². The molecule has 3 heterocycles. The van der Waals surface area contributed by atoms with Crippen molar-refractivity contribution in [3.8, 4) is 0 Å². The van der Waals surface area contributed by atoms with Crippen LogP contribution in [0.5, 0.6) is 0 Å². The summed E-state index contributed by atoms with van der Waals surface area (Å²) in [5, 5.41) is 10.3. The normalized spacial score (nSPS) is 13.4. The van der Waals surface area contributed by atoms with Crippen LogP contribution in [0, 0.1) is 13.8 Å². The van der Waals surface area contributed by atoms with Crippen LogP contribution in [0.3, 0.4) is 0 Å². The Morgan fingerprint density at radius 3 is 2.62 bits per heavy atom. The number of carbonyl (C=O) groups is 1. The number of amides is 1. The van der Waals surface area contributed by atoms with Gasteiger partial charge in [0.25, 0.3) is 0 Å². The average molecular weight is 389 g/mol. The molecule has 1 N–H and O–H groups in total. The topological polar surface area (TPSA) is 59.8 Å². The van der Waals surface area contributed by atoms with E-state index < -0.39 is 0 Å². The fourth-order valence-corrected chi connectivity index (χ4v) is 3.90. The first-order valence-electron chi connectivity index (χ1n) is 8.41. The number of thiophene rings is 1. The SMILES string of the molecule is Cc1nn([C@H](C)CC(=O)N[C@@H](c2ccncc2)c2cccs2)c(C)c1Cl. The molecule has 0 saturated heterocycles. The first-order valence-corrected chi connectivity index (χ1v) is 9.67. The van der Waals surface area contributed by atoms with Crippen LogP contribution in [-0.2, 0) is 4.79 Å². The van der Waals surface area contributed by atoms with Gasteiger partial charge < -0.3 is 5.32 Å². The van der Waals surface area contributed by atoms with Gasteiger partial charge in [0.15, 0.2) is 0 Å². The third-order valence-corrected chi connectivity index (χ3v) is 5.79. The molecule has 0 bridgehead atoms. The predicted molar refractivity (Wildman–Crippen MR) is 105 cm³/mol. The summed E-state index contributed by atoms with van der Waals surface area (Å²) in [6.45, 7) is 5.76. The second-order valence-corrected chi connectivity index (χ2v) is 7.64. The monoisotopic (exact) mass is 388 g/mol. The molecule has 0 saturated carbocycles. The summed E-state index contributed by atoms with van der Waals surface area (Å²) in [6, 6.07) is 7.61. The number of hydrogen-bond acceptors (Lipinski definition) is 4. The molecule has 1 amide bonds. The number of aromatic nitrogens is 3. The van der Waals surface area contributed by atoms with Crippen molar-refractivity contribution in [1.29, 1.82) is 0 Å². The number of pyridine rings is 1. The second-order valence-electron chi connectivity index (χ2n) is 6.28. The van der Waals surface area contributed by atoms with E-state index in [1.54, 1.807) is 23.7 Å². The molecule has 5 nitrogen and oxygen atoms in total. The molecule has 0 unspecified atom stereocenters. The Morgan fingerprint density at radius 1 is 1.31 bits per heavy atom. The zero-order valence-corrected chi connectivity index (χ0v) is 16.5. The van der Waals surface area contributed by atoms with E-state index in [1.165, 1.54) is 0 Å². The Balaban J connectivity index is 1.75. The van der Waals surface area contributed by atoms with E-state index in [0.717, 1.165) is 21.8 Å². The minimum absolute atomic E-state index is 0.0311. The average Bonchev–Trinajstić information content (AvgIpc) is 3.25. The largest absolute Gasteiger partial charge is 0.344 e. The minimum Gasteiger partial charge on any atom is -0.344 e. The van der Waals surface area contributed by atoms with Crippen LogP contribution in [-0.4, -0.2) is 20.7 Å². The summed E-state index contributed by atoms with van der Waals surface area (Å²) in [7, 11) is 0. The number of aryl methyl sites for hydroxylation is 1. The van der Waals surface area contributed by atoms with Crippen molar-refractivity contribution in [2.45, 2.75) is 39.3 Å². The van der Waals surface area contributed by atoms with Gasteiger partial charge in [-0.15, -0.1) is 11.3 Å². The maximum atomic E-state index is 12.7. The van der Waals surface area contributed by atoms with Crippen LogP contribution in [0.1, 0.15) is 47.3 Å². The van der Waals surface area contributed by atoms with E-state index in [9.17, 15) is 4.79 Å². The van der Waals surface area contributed by atoms with E-state index in [0.29, 0.717) is 11.4 Å². The lowest BCUT2D eigenvalue weighted by Gasteiger charge is -2.20. The second kappa shape index (κ2) is 8.01. The molecule has 136 valence electrons. The zero-order valence-electron chi connectivity index (χ0n) is 14.9. The van der Waals surface area contributed by atoms with E-state index in [-0.39, 0.29) is 18.0 Å². The molecule has 7 heteroatoms. The lowest BCUT2D eigenvalue weighted by atomic mass is 10.1. The third kappa shape index (κ3) is 3.97. The molecule has 0 aliphatic carbocycles. The molecule has 26 heavy (non-hydrogen) atoms. The van der Waals surface area contributed by atoms with Crippen LogP contribution < -0.4 is 5.32 Å². The Morgan fingerprint density at radius 2 is 2.04 bits per heavy atom. The number of nitrogens with one attached hydrogen (secondary N) is 1. The standard InChI is InChI=1S/C19H21ClN4OS/c1-12(24-14(3)18(20)13(2)23-24)11-17(25)22-19(16-5-4-10-26-16)15-6-8-21-9-7-15/h4-10,12,19H,11H2,1-3H3,(H,22,25)/t12-,19+/m1/s1. The van der Waals surface area contributed by atoms with Crippen LogP contribution in [0.15, 0.2) is 42.0 Å². The van der Waals surface area contributed by atoms with E-state index in [2.05, 4.69) is 15.4 Å². The maximum Gasteiger partial charge on any atom is 0.222 e. The van der Waals surface area contributed by atoms with Gasteiger partial charge in [0, 0.05) is 23.7 Å². The third-order valence-electron chi connectivity index (χ3n) is 4.31. The summed E-state index contributed by atoms with van der Waals surface area (Å²) in [5.41, 5.74) is 2.68. The van der Waals surface area contributed by atoms with Gasteiger partial charge in [0.05, 0.1) is 28.5 Å². The van der Waals surface area contributed by atoms with Gasteiger partial charge in [-0.1, -0.05) is 17.7 Å². The highest BCUT2D eigenvalue weighted by molar-refractivity contribution is 7.10. The Hall–Kier alpha value is -2.18. The lowest BCUT2D eigenvalue weighted by Crippen LogP contribution is -2.30. The minimum atomic E-state index is -0.179. The fourth-order valence-electron chi connectivity index (χ4n) is 2.98. The van der Waals surface area contributed by atoms with Gasteiger partial charge in [0.2, 0.25) is 5.91 Å². The van der Waals surface area contributed by atoms with E-state index in [1.807, 2.05) is 55.1 Å². The van der Waals surface area contributed by atoms with Crippen LogP contribution in [0.2, 0.25) is 5.02 Å². The molecule has 0 aliphatic rings. The number of rotatable bonds is 6. The summed E-state index contributed by atoms with van der Waals surface area (Å²) < 4.78 is 1.82. The fraction of sp³-hybridized carbons (Fsp3) is 0.316. The number of carbonyl (C=O) groups excluding carboxylic acids is 1. The van der Waals surface area contributed by atoms with Crippen molar-refractivity contribution in [2.75, 3.05) is 0 Å². The lowest BCUT2D eigenvalue weighted by molar-refractivity contribution is -0.122. The highest BCUT2D eigenvalue weighted by Gasteiger charge is 2.21. The summed E-state index contributed by atoms with van der Waals surface area (Å²) in [4.78, 5) is 17.9. The van der Waals surface area contributed by atoms with E-state index in [4.69, 9.17) is 11.6 Å².